The standard InChI is InChI=1S/C23H23F3N4S/c1-27-21-12-16(19-4-2-3-5-20(19)28-21)13-30-15-29(14-22(30)10-11-22)17-6-8-18(9-7-17)31-23(24,25)26/h2-9,12H,10-11,13-15H2,1H3,(H,27,28). The monoisotopic (exact) mass is 444 g/mol. The Morgan fingerprint density at radius 3 is 2.52 bits per heavy atom. The fourth-order valence-corrected chi connectivity index (χ4v) is 4.98. The van der Waals surface area contributed by atoms with E-state index in [1.54, 1.807) is 24.3 Å². The molecule has 8 heteroatoms. The molecule has 0 unspecified atom stereocenters. The van der Waals surface area contributed by atoms with Gasteiger partial charge in [0.25, 0.3) is 0 Å². The van der Waals surface area contributed by atoms with Crippen molar-refractivity contribution in [1.29, 1.82) is 0 Å². The SMILES string of the molecule is CNc1cc(CN2CN(c3ccc(SC(F)(F)F)cc3)CC23CC3)c2ccccc2n1. The highest BCUT2D eigenvalue weighted by molar-refractivity contribution is 8.00. The lowest BCUT2D eigenvalue weighted by atomic mass is 10.1. The molecule has 31 heavy (non-hydrogen) atoms. The molecule has 5 rings (SSSR count). The predicted molar refractivity (Wildman–Crippen MR) is 119 cm³/mol. The molecule has 1 aliphatic heterocycles. The number of rotatable bonds is 5. The molecule has 1 spiro atoms. The Morgan fingerprint density at radius 1 is 1.10 bits per heavy atom. The number of pyridine rings is 1. The van der Waals surface area contributed by atoms with Crippen LogP contribution in [0, 0.1) is 0 Å². The highest BCUT2D eigenvalue weighted by Crippen LogP contribution is 2.48. The minimum atomic E-state index is -4.26. The average Bonchev–Trinajstić information content (AvgIpc) is 3.43. The second kappa shape index (κ2) is 7.60. The van der Waals surface area contributed by atoms with Crippen LogP contribution in [0.15, 0.2) is 59.5 Å². The van der Waals surface area contributed by atoms with Gasteiger partial charge in [-0.3, -0.25) is 4.90 Å². The van der Waals surface area contributed by atoms with Gasteiger partial charge < -0.3 is 10.2 Å². The molecular formula is C23H23F3N4S. The zero-order chi connectivity index (χ0) is 21.6. The Bertz CT molecular complexity index is 1100. The first-order valence-corrected chi connectivity index (χ1v) is 11.1. The minimum absolute atomic E-state index is 0.0698. The molecule has 2 heterocycles. The summed E-state index contributed by atoms with van der Waals surface area (Å²) in [5.41, 5.74) is -0.925. The lowest BCUT2D eigenvalue weighted by Crippen LogP contribution is -2.32. The third-order valence-electron chi connectivity index (χ3n) is 6.18. The van der Waals surface area contributed by atoms with Gasteiger partial charge in [-0.2, -0.15) is 13.2 Å². The van der Waals surface area contributed by atoms with E-state index in [1.807, 2.05) is 25.2 Å². The number of benzene rings is 2. The van der Waals surface area contributed by atoms with Gasteiger partial charge in [-0.05, 0) is 66.6 Å². The van der Waals surface area contributed by atoms with E-state index in [9.17, 15) is 13.2 Å². The van der Waals surface area contributed by atoms with E-state index in [1.165, 1.54) is 5.56 Å². The predicted octanol–water partition coefficient (Wildman–Crippen LogP) is 5.70. The Kier molecular flexibility index (Phi) is 5.01. The van der Waals surface area contributed by atoms with Gasteiger partial charge in [0.15, 0.2) is 0 Å². The summed E-state index contributed by atoms with van der Waals surface area (Å²) in [5.74, 6) is 0.854. The van der Waals surface area contributed by atoms with Crippen LogP contribution in [0.5, 0.6) is 0 Å². The number of hydrogen-bond acceptors (Lipinski definition) is 5. The molecule has 0 bridgehead atoms. The van der Waals surface area contributed by atoms with Gasteiger partial charge in [0, 0.05) is 41.6 Å². The Hall–Kier alpha value is -2.45. The molecule has 1 aliphatic carbocycles. The van der Waals surface area contributed by atoms with E-state index in [-0.39, 0.29) is 22.2 Å². The Morgan fingerprint density at radius 2 is 1.84 bits per heavy atom. The minimum Gasteiger partial charge on any atom is -0.373 e. The number of fused-ring (bicyclic) bond motifs is 1. The topological polar surface area (TPSA) is 31.4 Å². The normalized spacial score (nSPS) is 18.1. The number of anilines is 2. The smallest absolute Gasteiger partial charge is 0.373 e. The van der Waals surface area contributed by atoms with Crippen LogP contribution >= 0.6 is 11.8 Å². The summed E-state index contributed by atoms with van der Waals surface area (Å²) in [5, 5.41) is 4.31. The van der Waals surface area contributed by atoms with Gasteiger partial charge in [0.1, 0.15) is 5.82 Å². The van der Waals surface area contributed by atoms with Crippen LogP contribution in [0.4, 0.5) is 24.7 Å². The average molecular weight is 445 g/mol. The number of halogens is 3. The van der Waals surface area contributed by atoms with Gasteiger partial charge in [0.2, 0.25) is 0 Å². The van der Waals surface area contributed by atoms with Gasteiger partial charge in [0.05, 0.1) is 12.2 Å². The molecule has 162 valence electrons. The van der Waals surface area contributed by atoms with Crippen molar-refractivity contribution in [2.75, 3.05) is 30.5 Å². The fourth-order valence-electron chi connectivity index (χ4n) is 4.44. The molecule has 1 N–H and O–H groups in total. The van der Waals surface area contributed by atoms with Crippen molar-refractivity contribution in [1.82, 2.24) is 9.88 Å². The first kappa shape index (κ1) is 20.5. The number of aromatic nitrogens is 1. The summed E-state index contributed by atoms with van der Waals surface area (Å²) in [4.78, 5) is 9.66. The molecule has 2 aromatic carbocycles. The largest absolute Gasteiger partial charge is 0.446 e. The van der Waals surface area contributed by atoms with E-state index in [0.29, 0.717) is 0 Å². The number of nitrogens with zero attached hydrogens (tertiary/aromatic N) is 3. The Labute approximate surface area is 183 Å². The quantitative estimate of drug-likeness (QED) is 0.510. The maximum absolute atomic E-state index is 12.6. The summed E-state index contributed by atoms with van der Waals surface area (Å²) in [6.45, 7) is 2.48. The van der Waals surface area contributed by atoms with Crippen molar-refractivity contribution in [3.8, 4) is 0 Å². The molecule has 1 saturated carbocycles. The lowest BCUT2D eigenvalue weighted by Gasteiger charge is -2.23. The number of nitrogens with one attached hydrogen (secondary N) is 1. The van der Waals surface area contributed by atoms with Crippen LogP contribution in [0.25, 0.3) is 10.9 Å². The lowest BCUT2D eigenvalue weighted by molar-refractivity contribution is -0.0328. The van der Waals surface area contributed by atoms with Crippen molar-refractivity contribution in [2.24, 2.45) is 0 Å². The maximum atomic E-state index is 12.6. The third-order valence-corrected chi connectivity index (χ3v) is 6.92. The molecule has 3 aromatic rings. The van der Waals surface area contributed by atoms with Crippen molar-refractivity contribution >= 4 is 34.2 Å². The number of hydrogen-bond donors (Lipinski definition) is 1. The van der Waals surface area contributed by atoms with E-state index in [2.05, 4.69) is 32.2 Å². The molecule has 1 aromatic heterocycles. The third kappa shape index (κ3) is 4.19. The molecule has 0 atom stereocenters. The number of para-hydroxylation sites is 1. The van der Waals surface area contributed by atoms with Crippen LogP contribution in [-0.4, -0.2) is 41.2 Å². The Balaban J connectivity index is 1.37. The summed E-state index contributed by atoms with van der Waals surface area (Å²) in [6, 6.07) is 17.0. The van der Waals surface area contributed by atoms with E-state index in [4.69, 9.17) is 0 Å². The van der Waals surface area contributed by atoms with Gasteiger partial charge in [-0.25, -0.2) is 4.98 Å². The summed E-state index contributed by atoms with van der Waals surface area (Å²) >= 11 is -0.0698. The fraction of sp³-hybridized carbons (Fsp3) is 0.348. The van der Waals surface area contributed by atoms with Crippen LogP contribution in [0.3, 0.4) is 0 Å². The molecule has 0 amide bonds. The summed E-state index contributed by atoms with van der Waals surface area (Å²) in [7, 11) is 1.88. The molecule has 4 nitrogen and oxygen atoms in total. The summed E-state index contributed by atoms with van der Waals surface area (Å²) in [6.07, 6.45) is 2.29. The van der Waals surface area contributed by atoms with Crippen molar-refractivity contribution in [3.05, 3.63) is 60.2 Å². The van der Waals surface area contributed by atoms with Crippen LogP contribution < -0.4 is 10.2 Å². The van der Waals surface area contributed by atoms with Gasteiger partial charge in [-0.15, -0.1) is 0 Å². The van der Waals surface area contributed by atoms with E-state index in [0.717, 1.165) is 55.0 Å². The zero-order valence-electron chi connectivity index (χ0n) is 17.1. The second-order valence-electron chi connectivity index (χ2n) is 8.24. The molecule has 1 saturated heterocycles. The van der Waals surface area contributed by atoms with E-state index >= 15 is 0 Å². The number of thioether (sulfide) groups is 1. The van der Waals surface area contributed by atoms with Gasteiger partial charge in [-0.1, -0.05) is 18.2 Å². The molecule has 0 radical (unpaired) electrons. The molecule has 2 aliphatic rings. The first-order chi connectivity index (χ1) is 14.9. The summed E-state index contributed by atoms with van der Waals surface area (Å²) < 4.78 is 37.8. The highest BCUT2D eigenvalue weighted by atomic mass is 32.2. The van der Waals surface area contributed by atoms with Gasteiger partial charge >= 0.3 is 5.51 Å². The van der Waals surface area contributed by atoms with Crippen molar-refractivity contribution < 1.29 is 13.2 Å². The highest BCUT2D eigenvalue weighted by Gasteiger charge is 2.53. The van der Waals surface area contributed by atoms with E-state index < -0.39 is 5.51 Å². The number of alkyl halides is 3. The maximum Gasteiger partial charge on any atom is 0.446 e. The zero-order valence-corrected chi connectivity index (χ0v) is 17.9. The van der Waals surface area contributed by atoms with Crippen LogP contribution in [-0.2, 0) is 6.54 Å². The van der Waals surface area contributed by atoms with Crippen LogP contribution in [0.2, 0.25) is 0 Å². The molecule has 2 fully saturated rings. The second-order valence-corrected chi connectivity index (χ2v) is 9.38. The molecular weight excluding hydrogens is 421 g/mol. The van der Waals surface area contributed by atoms with Crippen molar-refractivity contribution in [3.63, 3.8) is 0 Å². The van der Waals surface area contributed by atoms with Crippen LogP contribution in [0.1, 0.15) is 18.4 Å². The van der Waals surface area contributed by atoms with Crippen molar-refractivity contribution in [2.45, 2.75) is 35.3 Å². The first-order valence-electron chi connectivity index (χ1n) is 10.3.